The van der Waals surface area contributed by atoms with Crippen molar-refractivity contribution in [3.63, 3.8) is 0 Å². The summed E-state index contributed by atoms with van der Waals surface area (Å²) in [6.45, 7) is 12.7. The van der Waals surface area contributed by atoms with Gasteiger partial charge >= 0.3 is 12.0 Å². The number of esters is 1. The Kier molecular flexibility index (Phi) is 7.17. The number of hydrogen-bond donors (Lipinski definition) is 2. The average Bonchev–Trinajstić information content (AvgIpc) is 2.68. The minimum Gasteiger partial charge on any atom is -0.460 e. The van der Waals surface area contributed by atoms with Gasteiger partial charge in [-0.25, -0.2) is 14.8 Å². The van der Waals surface area contributed by atoms with E-state index in [4.69, 9.17) is 4.74 Å². The van der Waals surface area contributed by atoms with Gasteiger partial charge in [-0.3, -0.25) is 4.79 Å². The third-order valence-electron chi connectivity index (χ3n) is 5.82. The summed E-state index contributed by atoms with van der Waals surface area (Å²) in [5.41, 5.74) is -0.417. The molecule has 3 heterocycles. The molecule has 0 aliphatic carbocycles. The van der Waals surface area contributed by atoms with Crippen molar-refractivity contribution >= 4 is 12.0 Å². The smallest absolute Gasteiger partial charge is 0.317 e. The molecule has 8 nitrogen and oxygen atoms in total. The number of ether oxygens (including phenoxy) is 1. The molecule has 2 amide bonds. The molecule has 3 rings (SSSR count). The van der Waals surface area contributed by atoms with Crippen LogP contribution in [-0.2, 0) is 9.53 Å². The SMILES string of the molecule is CC(C)(C)OC(=O)C1CCN(N2CCN(C(=O)NC3CCNCC3)CC2)CC1. The summed E-state index contributed by atoms with van der Waals surface area (Å²) in [5, 5.41) is 11.2. The number of amides is 2. The van der Waals surface area contributed by atoms with E-state index in [-0.39, 0.29) is 17.9 Å². The van der Waals surface area contributed by atoms with Gasteiger partial charge in [0.05, 0.1) is 5.92 Å². The Morgan fingerprint density at radius 1 is 0.893 bits per heavy atom. The minimum absolute atomic E-state index is 0.00697. The minimum atomic E-state index is -0.417. The summed E-state index contributed by atoms with van der Waals surface area (Å²) >= 11 is 0. The number of hydrogen-bond acceptors (Lipinski definition) is 6. The molecule has 0 saturated carbocycles. The Balaban J connectivity index is 1.37. The van der Waals surface area contributed by atoms with E-state index < -0.39 is 5.60 Å². The lowest BCUT2D eigenvalue weighted by Crippen LogP contribution is -2.59. The number of rotatable bonds is 3. The van der Waals surface area contributed by atoms with Crippen molar-refractivity contribution in [2.45, 2.75) is 58.1 Å². The van der Waals surface area contributed by atoms with E-state index in [1.54, 1.807) is 0 Å². The maximum Gasteiger partial charge on any atom is 0.317 e. The van der Waals surface area contributed by atoms with Crippen LogP contribution in [0.1, 0.15) is 46.5 Å². The molecule has 0 aromatic carbocycles. The molecule has 0 unspecified atom stereocenters. The monoisotopic (exact) mass is 395 g/mol. The fourth-order valence-corrected chi connectivity index (χ4v) is 4.18. The van der Waals surface area contributed by atoms with Crippen LogP contribution in [0.4, 0.5) is 4.79 Å². The van der Waals surface area contributed by atoms with Crippen LogP contribution in [0.15, 0.2) is 0 Å². The molecule has 0 atom stereocenters. The number of urea groups is 1. The van der Waals surface area contributed by atoms with Gasteiger partial charge in [0.2, 0.25) is 0 Å². The van der Waals surface area contributed by atoms with Crippen molar-refractivity contribution < 1.29 is 14.3 Å². The topological polar surface area (TPSA) is 77.2 Å². The molecule has 0 spiro atoms. The van der Waals surface area contributed by atoms with E-state index in [9.17, 15) is 9.59 Å². The van der Waals surface area contributed by atoms with Crippen LogP contribution < -0.4 is 10.6 Å². The first-order valence-electron chi connectivity index (χ1n) is 10.8. The lowest BCUT2D eigenvalue weighted by molar-refractivity contribution is -0.164. The second kappa shape index (κ2) is 9.41. The molecule has 0 aromatic heterocycles. The van der Waals surface area contributed by atoms with Gasteiger partial charge < -0.3 is 20.3 Å². The van der Waals surface area contributed by atoms with Crippen LogP contribution >= 0.6 is 0 Å². The normalized spacial score (nSPS) is 24.2. The number of hydrazine groups is 1. The van der Waals surface area contributed by atoms with Gasteiger partial charge in [0.15, 0.2) is 0 Å². The molecule has 3 saturated heterocycles. The fourth-order valence-electron chi connectivity index (χ4n) is 4.18. The zero-order valence-electron chi connectivity index (χ0n) is 17.7. The van der Waals surface area contributed by atoms with Crippen LogP contribution in [-0.4, -0.2) is 90.9 Å². The van der Waals surface area contributed by atoms with Gasteiger partial charge in [-0.15, -0.1) is 0 Å². The van der Waals surface area contributed by atoms with Gasteiger partial charge in [0, 0.05) is 45.3 Å². The zero-order chi connectivity index (χ0) is 20.1. The standard InChI is InChI=1S/C20H37N5O3/c1-20(2,3)28-18(26)16-6-10-24(11-7-16)25-14-12-23(13-15-25)19(27)22-17-4-8-21-9-5-17/h16-17,21H,4-15H2,1-3H3,(H,22,27). The number of carbonyl (C=O) groups excluding carboxylic acids is 2. The molecule has 0 aromatic rings. The van der Waals surface area contributed by atoms with Crippen LogP contribution in [0.2, 0.25) is 0 Å². The van der Waals surface area contributed by atoms with Crippen molar-refractivity contribution in [3.05, 3.63) is 0 Å². The Bertz CT molecular complexity index is 528. The Hall–Kier alpha value is -1.38. The Morgan fingerprint density at radius 3 is 2.04 bits per heavy atom. The van der Waals surface area contributed by atoms with Crippen LogP contribution in [0.5, 0.6) is 0 Å². The highest BCUT2D eigenvalue weighted by molar-refractivity contribution is 5.74. The number of piperazine rings is 1. The summed E-state index contributed by atoms with van der Waals surface area (Å²) < 4.78 is 5.53. The summed E-state index contributed by atoms with van der Waals surface area (Å²) in [4.78, 5) is 26.7. The van der Waals surface area contributed by atoms with Gasteiger partial charge in [-0.1, -0.05) is 0 Å². The van der Waals surface area contributed by atoms with E-state index in [1.165, 1.54) is 0 Å². The first kappa shape index (κ1) is 21.3. The molecule has 160 valence electrons. The lowest BCUT2D eigenvalue weighted by atomic mass is 9.97. The number of carbonyl (C=O) groups is 2. The third-order valence-corrected chi connectivity index (χ3v) is 5.82. The molecule has 3 fully saturated rings. The van der Waals surface area contributed by atoms with Crippen molar-refractivity contribution in [1.29, 1.82) is 0 Å². The van der Waals surface area contributed by atoms with Gasteiger partial charge in [-0.05, 0) is 59.5 Å². The van der Waals surface area contributed by atoms with E-state index in [0.29, 0.717) is 6.04 Å². The van der Waals surface area contributed by atoms with E-state index in [2.05, 4.69) is 20.7 Å². The van der Waals surface area contributed by atoms with Crippen LogP contribution in [0, 0.1) is 5.92 Å². The molecule has 3 aliphatic heterocycles. The van der Waals surface area contributed by atoms with Crippen molar-refractivity contribution in [2.75, 3.05) is 52.4 Å². The summed E-state index contributed by atoms with van der Waals surface area (Å²) in [5.74, 6) is -0.0564. The molecule has 0 radical (unpaired) electrons. The fraction of sp³-hybridized carbons (Fsp3) is 0.900. The summed E-state index contributed by atoms with van der Waals surface area (Å²) in [7, 11) is 0. The number of nitrogens with one attached hydrogen (secondary N) is 2. The van der Waals surface area contributed by atoms with Gasteiger partial charge in [0.25, 0.3) is 0 Å². The lowest BCUT2D eigenvalue weighted by Gasteiger charge is -2.44. The van der Waals surface area contributed by atoms with Crippen molar-refractivity contribution in [2.24, 2.45) is 5.92 Å². The molecule has 2 N–H and O–H groups in total. The largest absolute Gasteiger partial charge is 0.460 e. The summed E-state index contributed by atoms with van der Waals surface area (Å²) in [6, 6.07) is 0.383. The quantitative estimate of drug-likeness (QED) is 0.695. The Morgan fingerprint density at radius 2 is 1.46 bits per heavy atom. The zero-order valence-corrected chi connectivity index (χ0v) is 17.7. The highest BCUT2D eigenvalue weighted by Crippen LogP contribution is 2.23. The predicted molar refractivity (Wildman–Crippen MR) is 108 cm³/mol. The first-order valence-corrected chi connectivity index (χ1v) is 10.8. The maximum absolute atomic E-state index is 12.5. The molecule has 3 aliphatic rings. The second-order valence-electron chi connectivity index (χ2n) is 9.18. The Labute approximate surface area is 168 Å². The van der Waals surface area contributed by atoms with E-state index in [0.717, 1.165) is 78.0 Å². The van der Waals surface area contributed by atoms with E-state index >= 15 is 0 Å². The highest BCUT2D eigenvalue weighted by Gasteiger charge is 2.32. The molecule has 0 bridgehead atoms. The molecular formula is C20H37N5O3. The highest BCUT2D eigenvalue weighted by atomic mass is 16.6. The molecular weight excluding hydrogens is 358 g/mol. The molecule has 28 heavy (non-hydrogen) atoms. The number of nitrogens with zero attached hydrogens (tertiary/aromatic N) is 3. The molecule has 8 heteroatoms. The van der Waals surface area contributed by atoms with Gasteiger partial charge in [-0.2, -0.15) is 0 Å². The van der Waals surface area contributed by atoms with Crippen LogP contribution in [0.3, 0.4) is 0 Å². The summed E-state index contributed by atoms with van der Waals surface area (Å²) in [6.07, 6.45) is 3.70. The van der Waals surface area contributed by atoms with Crippen molar-refractivity contribution in [1.82, 2.24) is 25.6 Å². The maximum atomic E-state index is 12.5. The average molecular weight is 396 g/mol. The first-order chi connectivity index (χ1) is 13.3. The number of piperidine rings is 2. The van der Waals surface area contributed by atoms with Crippen molar-refractivity contribution in [3.8, 4) is 0 Å². The van der Waals surface area contributed by atoms with Gasteiger partial charge in [0.1, 0.15) is 5.60 Å². The second-order valence-corrected chi connectivity index (χ2v) is 9.18. The predicted octanol–water partition coefficient (Wildman–Crippen LogP) is 1.03. The van der Waals surface area contributed by atoms with Crippen LogP contribution in [0.25, 0.3) is 0 Å². The van der Waals surface area contributed by atoms with E-state index in [1.807, 2.05) is 25.7 Å². The third kappa shape index (κ3) is 6.06.